The first-order chi connectivity index (χ1) is 13.3. The summed E-state index contributed by atoms with van der Waals surface area (Å²) in [6.45, 7) is 5.80. The van der Waals surface area contributed by atoms with Crippen molar-refractivity contribution in [2.75, 3.05) is 0 Å². The van der Waals surface area contributed by atoms with Gasteiger partial charge >= 0.3 is 0 Å². The van der Waals surface area contributed by atoms with Crippen LogP contribution in [0.25, 0.3) is 40.6 Å². The zero-order valence-electron chi connectivity index (χ0n) is 16.0. The van der Waals surface area contributed by atoms with Crippen molar-refractivity contribution >= 4 is 63.3 Å². The maximum Gasteiger partial charge on any atom is 0.0714 e. The Balaban J connectivity index is 1.82. The minimum Gasteiger partial charge on any atom is -0.338 e. The lowest BCUT2D eigenvalue weighted by molar-refractivity contribution is 0.401. The minimum absolute atomic E-state index is 0.751. The fourth-order valence-corrected chi connectivity index (χ4v) is 6.92. The van der Waals surface area contributed by atoms with E-state index in [4.69, 9.17) is 0 Å². The summed E-state index contributed by atoms with van der Waals surface area (Å²) in [5.74, 6) is 0.751. The van der Waals surface area contributed by atoms with E-state index in [1.165, 1.54) is 66.3 Å². The zero-order chi connectivity index (χ0) is 18.4. The molecule has 0 bridgehead atoms. The van der Waals surface area contributed by atoms with E-state index in [0.717, 1.165) is 12.5 Å². The highest BCUT2D eigenvalue weighted by atomic mass is 32.1. The van der Waals surface area contributed by atoms with Crippen molar-refractivity contribution in [1.29, 1.82) is 0 Å². The number of nitrogens with zero attached hydrogens (tertiary/aromatic N) is 1. The number of fused-ring (bicyclic) bond motifs is 7. The molecule has 0 fully saturated rings. The average molecular weight is 392 g/mol. The second-order valence-corrected chi connectivity index (χ2v) is 9.68. The first-order valence-corrected chi connectivity index (χ1v) is 11.8. The van der Waals surface area contributed by atoms with E-state index in [0.29, 0.717) is 0 Å². The maximum absolute atomic E-state index is 2.67. The van der Waals surface area contributed by atoms with Crippen LogP contribution in [0.2, 0.25) is 0 Å². The molecule has 0 radical (unpaired) electrons. The molecule has 1 nitrogen and oxygen atoms in total. The molecule has 0 aliphatic heterocycles. The number of benzene rings is 2. The van der Waals surface area contributed by atoms with Gasteiger partial charge in [0.2, 0.25) is 0 Å². The van der Waals surface area contributed by atoms with Gasteiger partial charge in [-0.25, -0.2) is 0 Å². The predicted octanol–water partition coefficient (Wildman–Crippen LogP) is 8.44. The van der Waals surface area contributed by atoms with Gasteiger partial charge in [-0.2, -0.15) is 0 Å². The minimum atomic E-state index is 0.751. The summed E-state index contributed by atoms with van der Waals surface area (Å²) >= 11 is 3.94. The van der Waals surface area contributed by atoms with Crippen molar-refractivity contribution in [2.24, 2.45) is 5.92 Å². The van der Waals surface area contributed by atoms with Gasteiger partial charge in [0.05, 0.1) is 20.4 Å². The molecule has 5 aromatic rings. The topological polar surface area (TPSA) is 4.93 Å². The van der Waals surface area contributed by atoms with Crippen molar-refractivity contribution in [3.63, 3.8) is 0 Å². The summed E-state index contributed by atoms with van der Waals surface area (Å²) in [5.41, 5.74) is 2.94. The molecule has 1 atom stereocenters. The van der Waals surface area contributed by atoms with Crippen LogP contribution in [0.5, 0.6) is 0 Å². The van der Waals surface area contributed by atoms with Crippen molar-refractivity contribution in [3.8, 4) is 0 Å². The Hall–Kier alpha value is -1.84. The normalized spacial score (nSPS) is 13.4. The van der Waals surface area contributed by atoms with Crippen LogP contribution in [0.1, 0.15) is 39.5 Å². The third-order valence-corrected chi connectivity index (χ3v) is 8.35. The van der Waals surface area contributed by atoms with Gasteiger partial charge in [0.25, 0.3) is 0 Å². The van der Waals surface area contributed by atoms with Crippen LogP contribution in [-0.4, -0.2) is 4.57 Å². The molecule has 0 amide bonds. The van der Waals surface area contributed by atoms with E-state index in [-0.39, 0.29) is 0 Å². The Kier molecular flexibility index (Phi) is 4.45. The van der Waals surface area contributed by atoms with Gasteiger partial charge in [0, 0.05) is 26.7 Å². The Labute approximate surface area is 168 Å². The lowest BCUT2D eigenvalue weighted by Crippen LogP contribution is -2.10. The molecular weight excluding hydrogens is 366 g/mol. The lowest BCUT2D eigenvalue weighted by atomic mass is 9.99. The van der Waals surface area contributed by atoms with E-state index in [1.807, 2.05) is 22.7 Å². The van der Waals surface area contributed by atoms with E-state index >= 15 is 0 Å². The standard InChI is InChI=1S/C24H25NS2/c1-3-5-10-16(4-2)15-25-21-17-11-6-8-13-19(17)26-23(21)24-22(25)18-12-7-9-14-20(18)27-24/h6-9,11-14,16H,3-5,10,15H2,1-2H3. The van der Waals surface area contributed by atoms with Crippen LogP contribution in [0, 0.1) is 5.92 Å². The molecule has 1 unspecified atom stereocenters. The number of aromatic nitrogens is 1. The summed E-state index contributed by atoms with van der Waals surface area (Å²) in [4.78, 5) is 0. The quantitative estimate of drug-likeness (QED) is 0.274. The Morgan fingerprint density at radius 1 is 0.815 bits per heavy atom. The Morgan fingerprint density at radius 2 is 1.37 bits per heavy atom. The Bertz CT molecular complexity index is 1150. The van der Waals surface area contributed by atoms with Crippen molar-refractivity contribution in [2.45, 2.75) is 46.1 Å². The summed E-state index contributed by atoms with van der Waals surface area (Å²) in [6.07, 6.45) is 5.21. The zero-order valence-corrected chi connectivity index (χ0v) is 17.6. The molecule has 0 N–H and O–H groups in total. The van der Waals surface area contributed by atoms with Gasteiger partial charge < -0.3 is 4.57 Å². The highest BCUT2D eigenvalue weighted by Crippen LogP contribution is 2.47. The third-order valence-electron chi connectivity index (χ3n) is 5.87. The van der Waals surface area contributed by atoms with Gasteiger partial charge in [-0.1, -0.05) is 69.5 Å². The van der Waals surface area contributed by atoms with Crippen LogP contribution in [0.3, 0.4) is 0 Å². The van der Waals surface area contributed by atoms with Gasteiger partial charge in [0.1, 0.15) is 0 Å². The number of rotatable bonds is 6. The highest BCUT2D eigenvalue weighted by Gasteiger charge is 2.21. The molecule has 3 heterocycles. The second kappa shape index (κ2) is 6.96. The molecule has 5 rings (SSSR count). The van der Waals surface area contributed by atoms with Gasteiger partial charge in [-0.05, 0) is 24.5 Å². The Morgan fingerprint density at radius 3 is 1.89 bits per heavy atom. The van der Waals surface area contributed by atoms with E-state index in [2.05, 4.69) is 66.9 Å². The molecule has 27 heavy (non-hydrogen) atoms. The number of unbranched alkanes of at least 4 members (excludes halogenated alkanes) is 1. The highest BCUT2D eigenvalue weighted by molar-refractivity contribution is 7.33. The van der Waals surface area contributed by atoms with Gasteiger partial charge in [0.15, 0.2) is 0 Å². The monoisotopic (exact) mass is 391 g/mol. The first-order valence-electron chi connectivity index (χ1n) is 10.1. The van der Waals surface area contributed by atoms with Gasteiger partial charge in [-0.15, -0.1) is 22.7 Å². The second-order valence-electron chi connectivity index (χ2n) is 7.58. The van der Waals surface area contributed by atoms with Crippen LogP contribution < -0.4 is 0 Å². The lowest BCUT2D eigenvalue weighted by Gasteiger charge is -2.17. The SMILES string of the molecule is CCCCC(CC)Cn1c2c3ccccc3sc2c2sc3ccccc3c21. The number of hydrogen-bond acceptors (Lipinski definition) is 2. The molecule has 3 aromatic heterocycles. The summed E-state index contributed by atoms with van der Waals surface area (Å²) in [5, 5.41) is 2.85. The van der Waals surface area contributed by atoms with Crippen LogP contribution in [-0.2, 0) is 6.54 Å². The predicted molar refractivity (Wildman–Crippen MR) is 124 cm³/mol. The summed E-state index contributed by atoms with van der Waals surface area (Å²) in [7, 11) is 0. The molecule has 0 saturated carbocycles. The number of hydrogen-bond donors (Lipinski definition) is 0. The largest absolute Gasteiger partial charge is 0.338 e. The van der Waals surface area contributed by atoms with Crippen LogP contribution in [0.4, 0.5) is 0 Å². The maximum atomic E-state index is 2.67. The van der Waals surface area contributed by atoms with E-state index < -0.39 is 0 Å². The molecule has 3 heteroatoms. The molecule has 0 aliphatic carbocycles. The van der Waals surface area contributed by atoms with Crippen LogP contribution >= 0.6 is 22.7 Å². The van der Waals surface area contributed by atoms with Crippen molar-refractivity contribution in [1.82, 2.24) is 4.57 Å². The molecule has 138 valence electrons. The fourth-order valence-electron chi connectivity index (χ4n) is 4.38. The van der Waals surface area contributed by atoms with E-state index in [1.54, 1.807) is 0 Å². The van der Waals surface area contributed by atoms with Crippen LogP contribution in [0.15, 0.2) is 48.5 Å². The molecule has 0 saturated heterocycles. The molecular formula is C24H25NS2. The van der Waals surface area contributed by atoms with E-state index in [9.17, 15) is 0 Å². The first kappa shape index (κ1) is 17.3. The molecule has 0 aliphatic rings. The molecule has 0 spiro atoms. The van der Waals surface area contributed by atoms with Crippen molar-refractivity contribution < 1.29 is 0 Å². The third kappa shape index (κ3) is 2.71. The summed E-state index contributed by atoms with van der Waals surface area (Å²) < 4.78 is 8.47. The van der Waals surface area contributed by atoms with Crippen molar-refractivity contribution in [3.05, 3.63) is 48.5 Å². The van der Waals surface area contributed by atoms with Gasteiger partial charge in [-0.3, -0.25) is 0 Å². The molecule has 2 aromatic carbocycles. The average Bonchev–Trinajstić information content (AvgIpc) is 3.34. The smallest absolute Gasteiger partial charge is 0.0714 e. The summed E-state index contributed by atoms with van der Waals surface area (Å²) in [6, 6.07) is 17.9. The fraction of sp³-hybridized carbons (Fsp3) is 0.333. The number of thiophene rings is 2.